The molecule has 156 valence electrons. The zero-order valence-electron chi connectivity index (χ0n) is 16.2. The number of hydrogen-bond acceptors (Lipinski definition) is 5. The van der Waals surface area contributed by atoms with Crippen molar-refractivity contribution in [1.29, 1.82) is 0 Å². The molecule has 0 amide bonds. The van der Waals surface area contributed by atoms with Crippen LogP contribution in [0.15, 0.2) is 53.7 Å². The van der Waals surface area contributed by atoms with Crippen LogP contribution in [0.3, 0.4) is 0 Å². The van der Waals surface area contributed by atoms with Gasteiger partial charge in [-0.1, -0.05) is 23.7 Å². The summed E-state index contributed by atoms with van der Waals surface area (Å²) in [6.07, 6.45) is 0. The molecule has 1 aromatic heterocycles. The highest BCUT2D eigenvalue weighted by Crippen LogP contribution is 2.43. The smallest absolute Gasteiger partial charge is 0.387 e. The minimum Gasteiger partial charge on any atom is -0.463 e. The molecule has 1 atom stereocenters. The second-order valence-electron chi connectivity index (χ2n) is 6.64. The number of fused-ring (bicyclic) bond motifs is 3. The predicted octanol–water partition coefficient (Wildman–Crippen LogP) is 5.14. The van der Waals surface area contributed by atoms with E-state index in [0.717, 1.165) is 0 Å². The normalized spacial score (nSPS) is 15.9. The molecule has 1 N–H and O–H groups in total. The third kappa shape index (κ3) is 3.47. The number of ether oxygens (including phenoxy) is 2. The topological polar surface area (TPSA) is 65.4 Å². The number of para-hydroxylation sites is 2. The van der Waals surface area contributed by atoms with Crippen LogP contribution in [0.4, 0.5) is 14.7 Å². The fourth-order valence-corrected chi connectivity index (χ4v) is 3.85. The van der Waals surface area contributed by atoms with E-state index in [1.807, 2.05) is 24.3 Å². The molecule has 0 fully saturated rings. The highest BCUT2D eigenvalue weighted by molar-refractivity contribution is 6.30. The summed E-state index contributed by atoms with van der Waals surface area (Å²) >= 11 is 6.20. The van der Waals surface area contributed by atoms with Crippen molar-refractivity contribution in [3.05, 3.63) is 64.3 Å². The van der Waals surface area contributed by atoms with Gasteiger partial charge in [-0.15, -0.1) is 0 Å². The maximum Gasteiger partial charge on any atom is 0.387 e. The van der Waals surface area contributed by atoms with E-state index in [-0.39, 0.29) is 17.9 Å². The van der Waals surface area contributed by atoms with Gasteiger partial charge in [-0.05, 0) is 44.2 Å². The van der Waals surface area contributed by atoms with Crippen LogP contribution in [-0.2, 0) is 9.53 Å². The van der Waals surface area contributed by atoms with Crippen molar-refractivity contribution in [2.24, 2.45) is 0 Å². The number of imidazole rings is 1. The van der Waals surface area contributed by atoms with Crippen molar-refractivity contribution < 1.29 is 23.0 Å². The number of carbonyl (C=O) groups is 1. The maximum atomic E-state index is 13.1. The van der Waals surface area contributed by atoms with Gasteiger partial charge in [0.15, 0.2) is 0 Å². The van der Waals surface area contributed by atoms with E-state index in [2.05, 4.69) is 10.3 Å². The molecule has 4 rings (SSSR count). The number of nitrogens with zero attached hydrogens (tertiary/aromatic N) is 2. The van der Waals surface area contributed by atoms with Crippen LogP contribution >= 0.6 is 11.6 Å². The fraction of sp³-hybridized carbons (Fsp3) is 0.238. The first-order chi connectivity index (χ1) is 14.4. The summed E-state index contributed by atoms with van der Waals surface area (Å²) in [4.78, 5) is 17.5. The number of anilines is 1. The molecule has 0 radical (unpaired) electrons. The number of nitrogens with one attached hydrogen (secondary N) is 1. The Balaban J connectivity index is 2.01. The number of alkyl halides is 2. The van der Waals surface area contributed by atoms with Crippen LogP contribution in [0.2, 0.25) is 5.02 Å². The molecule has 0 bridgehead atoms. The highest BCUT2D eigenvalue weighted by atomic mass is 35.5. The van der Waals surface area contributed by atoms with Gasteiger partial charge in [-0.3, -0.25) is 4.57 Å². The van der Waals surface area contributed by atoms with Gasteiger partial charge < -0.3 is 14.8 Å². The molecular formula is C21H18ClF2N3O3. The van der Waals surface area contributed by atoms with Crippen molar-refractivity contribution >= 4 is 34.6 Å². The second kappa shape index (κ2) is 7.95. The summed E-state index contributed by atoms with van der Waals surface area (Å²) in [7, 11) is 0. The minimum absolute atomic E-state index is 0.0837. The lowest BCUT2D eigenvalue weighted by molar-refractivity contribution is -0.139. The summed E-state index contributed by atoms with van der Waals surface area (Å²) in [5, 5.41) is 3.44. The van der Waals surface area contributed by atoms with Gasteiger partial charge >= 0.3 is 12.6 Å². The van der Waals surface area contributed by atoms with E-state index in [0.29, 0.717) is 33.3 Å². The molecule has 1 aliphatic heterocycles. The van der Waals surface area contributed by atoms with E-state index in [1.165, 1.54) is 18.2 Å². The van der Waals surface area contributed by atoms with Crippen LogP contribution < -0.4 is 10.1 Å². The van der Waals surface area contributed by atoms with Crippen molar-refractivity contribution in [2.45, 2.75) is 26.5 Å². The van der Waals surface area contributed by atoms with Gasteiger partial charge in [0.25, 0.3) is 0 Å². The average Bonchev–Trinajstić information content (AvgIpc) is 3.06. The molecular weight excluding hydrogens is 416 g/mol. The number of aromatic nitrogens is 2. The van der Waals surface area contributed by atoms with E-state index in [4.69, 9.17) is 21.1 Å². The molecule has 1 unspecified atom stereocenters. The molecule has 1 aliphatic rings. The molecule has 0 saturated heterocycles. The lowest BCUT2D eigenvalue weighted by atomic mass is 9.94. The summed E-state index contributed by atoms with van der Waals surface area (Å²) in [5.74, 6) is -0.187. The summed E-state index contributed by atoms with van der Waals surface area (Å²) in [6, 6.07) is 10.8. The van der Waals surface area contributed by atoms with Gasteiger partial charge in [-0.2, -0.15) is 8.78 Å². The Morgan fingerprint density at radius 3 is 2.80 bits per heavy atom. The quantitative estimate of drug-likeness (QED) is 0.564. The van der Waals surface area contributed by atoms with Crippen molar-refractivity contribution in [1.82, 2.24) is 9.55 Å². The highest BCUT2D eigenvalue weighted by Gasteiger charge is 2.37. The summed E-state index contributed by atoms with van der Waals surface area (Å²) in [5.41, 5.74) is 2.46. The Labute approximate surface area is 176 Å². The SMILES string of the molecule is CCOC(=O)C1=C(C)Nc2nc3ccccc3n2C1c1cc(Cl)ccc1OC(F)F. The van der Waals surface area contributed by atoms with E-state index >= 15 is 0 Å². The van der Waals surface area contributed by atoms with E-state index in [1.54, 1.807) is 18.4 Å². The molecule has 9 heteroatoms. The third-order valence-electron chi connectivity index (χ3n) is 4.81. The number of esters is 1. The van der Waals surface area contributed by atoms with Crippen LogP contribution in [0.25, 0.3) is 11.0 Å². The first kappa shape index (κ1) is 20.2. The molecule has 3 aromatic rings. The summed E-state index contributed by atoms with van der Waals surface area (Å²) < 4.78 is 38.0. The standard InChI is InChI=1S/C21H18ClF2N3O3/c1-3-29-19(28)17-11(2)25-21-26-14-6-4-5-7-15(14)27(21)18(17)13-10-12(22)8-9-16(13)30-20(23)24/h4-10,18,20H,3H2,1-2H3,(H,25,26). The summed E-state index contributed by atoms with van der Waals surface area (Å²) in [6.45, 7) is 0.527. The van der Waals surface area contributed by atoms with Gasteiger partial charge in [0.05, 0.1) is 29.3 Å². The number of allylic oxidation sites excluding steroid dienone is 1. The Kier molecular flexibility index (Phi) is 5.34. The van der Waals surface area contributed by atoms with Crippen LogP contribution in [0.5, 0.6) is 5.75 Å². The lowest BCUT2D eigenvalue weighted by Gasteiger charge is -2.31. The predicted molar refractivity (Wildman–Crippen MR) is 109 cm³/mol. The van der Waals surface area contributed by atoms with Crippen molar-refractivity contribution in [3.63, 3.8) is 0 Å². The average molecular weight is 434 g/mol. The minimum atomic E-state index is -3.04. The Bertz CT molecular complexity index is 1160. The zero-order valence-corrected chi connectivity index (χ0v) is 16.9. The molecule has 0 spiro atoms. The Hall–Kier alpha value is -3.13. The van der Waals surface area contributed by atoms with Crippen LogP contribution in [0, 0.1) is 0 Å². The second-order valence-corrected chi connectivity index (χ2v) is 7.08. The number of benzene rings is 2. The van der Waals surface area contributed by atoms with Crippen LogP contribution in [0.1, 0.15) is 25.5 Å². The lowest BCUT2D eigenvalue weighted by Crippen LogP contribution is -2.29. The number of halogens is 3. The maximum absolute atomic E-state index is 13.1. The van der Waals surface area contributed by atoms with E-state index < -0.39 is 18.6 Å². The number of hydrogen-bond donors (Lipinski definition) is 1. The number of rotatable bonds is 5. The molecule has 0 saturated carbocycles. The Morgan fingerprint density at radius 2 is 2.07 bits per heavy atom. The number of carbonyl (C=O) groups excluding carboxylic acids is 1. The first-order valence-corrected chi connectivity index (χ1v) is 9.64. The van der Waals surface area contributed by atoms with Crippen LogP contribution in [-0.4, -0.2) is 28.7 Å². The van der Waals surface area contributed by atoms with Gasteiger partial charge in [0.2, 0.25) is 5.95 Å². The third-order valence-corrected chi connectivity index (χ3v) is 5.04. The van der Waals surface area contributed by atoms with Crippen molar-refractivity contribution in [3.8, 4) is 5.75 Å². The molecule has 2 heterocycles. The largest absolute Gasteiger partial charge is 0.463 e. The molecule has 6 nitrogen and oxygen atoms in total. The molecule has 2 aromatic carbocycles. The van der Waals surface area contributed by atoms with Gasteiger partial charge in [0.1, 0.15) is 5.75 Å². The van der Waals surface area contributed by atoms with E-state index in [9.17, 15) is 13.6 Å². The monoisotopic (exact) mass is 433 g/mol. The first-order valence-electron chi connectivity index (χ1n) is 9.26. The van der Waals surface area contributed by atoms with Crippen molar-refractivity contribution in [2.75, 3.05) is 11.9 Å². The van der Waals surface area contributed by atoms with Gasteiger partial charge in [-0.25, -0.2) is 9.78 Å². The molecule has 0 aliphatic carbocycles. The molecule has 30 heavy (non-hydrogen) atoms. The fourth-order valence-electron chi connectivity index (χ4n) is 3.67. The zero-order chi connectivity index (χ0) is 21.4. The Morgan fingerprint density at radius 1 is 1.30 bits per heavy atom. The van der Waals surface area contributed by atoms with Gasteiger partial charge in [0, 0.05) is 16.3 Å².